The van der Waals surface area contributed by atoms with Crippen LogP contribution in [-0.2, 0) is 0 Å². The Morgan fingerprint density at radius 1 is 1.08 bits per heavy atom. The van der Waals surface area contributed by atoms with Crippen LogP contribution < -0.4 is 5.32 Å². The Bertz CT molecular complexity index is 1020. The van der Waals surface area contributed by atoms with Crippen molar-refractivity contribution in [1.82, 2.24) is 20.1 Å². The molecule has 1 unspecified atom stereocenters. The van der Waals surface area contributed by atoms with Crippen LogP contribution >= 0.6 is 0 Å². The lowest BCUT2D eigenvalue weighted by atomic mass is 10.2. The molecule has 0 saturated carbocycles. The van der Waals surface area contributed by atoms with Crippen molar-refractivity contribution in [3.05, 3.63) is 66.5 Å². The first-order valence-corrected chi connectivity index (χ1v) is 7.76. The van der Waals surface area contributed by atoms with Crippen molar-refractivity contribution in [3.8, 4) is 11.5 Å². The fourth-order valence-electron chi connectivity index (χ4n) is 2.52. The van der Waals surface area contributed by atoms with Gasteiger partial charge in [-0.25, -0.2) is 14.4 Å². The van der Waals surface area contributed by atoms with Crippen LogP contribution in [0.1, 0.15) is 18.8 Å². The maximum Gasteiger partial charge on any atom is 0.257 e. The van der Waals surface area contributed by atoms with Crippen LogP contribution in [-0.4, -0.2) is 20.1 Å². The minimum Gasteiger partial charge on any atom is -0.360 e. The van der Waals surface area contributed by atoms with Gasteiger partial charge in [0, 0.05) is 10.9 Å². The van der Waals surface area contributed by atoms with E-state index in [1.54, 1.807) is 6.07 Å². The summed E-state index contributed by atoms with van der Waals surface area (Å²) in [6, 6.07) is 13.6. The van der Waals surface area contributed by atoms with Crippen LogP contribution in [0.15, 0.2) is 59.4 Å². The van der Waals surface area contributed by atoms with E-state index in [9.17, 15) is 4.39 Å². The van der Waals surface area contributed by atoms with Crippen molar-refractivity contribution in [2.45, 2.75) is 13.0 Å². The molecule has 0 bridgehead atoms. The van der Waals surface area contributed by atoms with Gasteiger partial charge in [0.05, 0.1) is 11.6 Å². The molecule has 0 fully saturated rings. The summed E-state index contributed by atoms with van der Waals surface area (Å²) in [4.78, 5) is 12.8. The van der Waals surface area contributed by atoms with E-state index in [0.29, 0.717) is 28.4 Å². The van der Waals surface area contributed by atoms with Crippen LogP contribution in [0.25, 0.3) is 22.4 Å². The Kier molecular flexibility index (Phi) is 3.81. The smallest absolute Gasteiger partial charge is 0.257 e. The molecule has 0 spiro atoms. The van der Waals surface area contributed by atoms with Crippen LogP contribution in [0.5, 0.6) is 0 Å². The zero-order chi connectivity index (χ0) is 17.2. The summed E-state index contributed by atoms with van der Waals surface area (Å²) in [6.45, 7) is 1.88. The van der Waals surface area contributed by atoms with Gasteiger partial charge in [-0.05, 0) is 37.3 Å². The second-order valence-corrected chi connectivity index (χ2v) is 5.57. The van der Waals surface area contributed by atoms with E-state index in [0.717, 1.165) is 5.56 Å². The summed E-state index contributed by atoms with van der Waals surface area (Å²) >= 11 is 0. The lowest BCUT2D eigenvalue weighted by Crippen LogP contribution is -2.10. The number of benzene rings is 2. The van der Waals surface area contributed by atoms with Crippen molar-refractivity contribution in [2.24, 2.45) is 0 Å². The number of halogens is 1. The largest absolute Gasteiger partial charge is 0.360 e. The van der Waals surface area contributed by atoms with Gasteiger partial charge in [0.2, 0.25) is 0 Å². The van der Waals surface area contributed by atoms with Gasteiger partial charge in [0.1, 0.15) is 18.0 Å². The monoisotopic (exact) mass is 335 g/mol. The molecule has 4 aromatic rings. The summed E-state index contributed by atoms with van der Waals surface area (Å²) in [5, 5.41) is 7.81. The SMILES string of the molecule is CC(Nc1ncnc2ccc(F)cc12)c1noc(-c2ccccc2)n1. The zero-order valence-electron chi connectivity index (χ0n) is 13.3. The Labute approximate surface area is 142 Å². The first-order chi connectivity index (χ1) is 12.2. The van der Waals surface area contributed by atoms with E-state index < -0.39 is 0 Å². The molecule has 7 heteroatoms. The maximum absolute atomic E-state index is 13.5. The van der Waals surface area contributed by atoms with Crippen molar-refractivity contribution >= 4 is 16.7 Å². The average molecular weight is 335 g/mol. The number of hydrogen-bond acceptors (Lipinski definition) is 6. The molecular weight excluding hydrogens is 321 g/mol. The Morgan fingerprint density at radius 3 is 2.76 bits per heavy atom. The topological polar surface area (TPSA) is 76.7 Å². The van der Waals surface area contributed by atoms with Crippen LogP contribution in [0, 0.1) is 5.82 Å². The number of nitrogens with one attached hydrogen (secondary N) is 1. The molecule has 6 nitrogen and oxygen atoms in total. The summed E-state index contributed by atoms with van der Waals surface area (Å²) in [6.07, 6.45) is 1.43. The maximum atomic E-state index is 13.5. The molecule has 1 atom stereocenters. The third-order valence-corrected chi connectivity index (χ3v) is 3.80. The van der Waals surface area contributed by atoms with Crippen molar-refractivity contribution in [2.75, 3.05) is 5.32 Å². The molecular formula is C18H14FN5O. The van der Waals surface area contributed by atoms with Crippen LogP contribution in [0.2, 0.25) is 0 Å². The number of nitrogens with zero attached hydrogens (tertiary/aromatic N) is 4. The molecule has 0 amide bonds. The molecule has 2 aromatic carbocycles. The molecule has 25 heavy (non-hydrogen) atoms. The quantitative estimate of drug-likeness (QED) is 0.607. The average Bonchev–Trinajstić information content (AvgIpc) is 3.13. The van der Waals surface area contributed by atoms with Gasteiger partial charge in [-0.3, -0.25) is 0 Å². The van der Waals surface area contributed by atoms with Crippen LogP contribution in [0.4, 0.5) is 10.2 Å². The second kappa shape index (κ2) is 6.27. The minimum atomic E-state index is -0.344. The van der Waals surface area contributed by atoms with Crippen molar-refractivity contribution in [1.29, 1.82) is 0 Å². The highest BCUT2D eigenvalue weighted by atomic mass is 19.1. The van der Waals surface area contributed by atoms with E-state index in [4.69, 9.17) is 4.52 Å². The Morgan fingerprint density at radius 2 is 1.92 bits per heavy atom. The zero-order valence-corrected chi connectivity index (χ0v) is 13.3. The van der Waals surface area contributed by atoms with Gasteiger partial charge in [-0.1, -0.05) is 23.4 Å². The standard InChI is InChI=1S/C18H14FN5O/c1-11(16-23-18(25-24-16)12-5-3-2-4-6-12)22-17-14-9-13(19)7-8-15(14)20-10-21-17/h2-11H,1H3,(H,20,21,22). The van der Waals surface area contributed by atoms with E-state index in [1.165, 1.54) is 18.5 Å². The Hall–Kier alpha value is -3.35. The summed E-state index contributed by atoms with van der Waals surface area (Å²) < 4.78 is 18.9. The third-order valence-electron chi connectivity index (χ3n) is 3.80. The number of aromatic nitrogens is 4. The molecule has 0 saturated heterocycles. The molecule has 0 aliphatic carbocycles. The number of hydrogen-bond donors (Lipinski definition) is 1. The van der Waals surface area contributed by atoms with Crippen molar-refractivity contribution < 1.29 is 8.91 Å². The minimum absolute atomic E-state index is 0.275. The van der Waals surface area contributed by atoms with E-state index in [-0.39, 0.29) is 11.9 Å². The van der Waals surface area contributed by atoms with Crippen LogP contribution in [0.3, 0.4) is 0 Å². The molecule has 0 aliphatic heterocycles. The highest BCUT2D eigenvalue weighted by Crippen LogP contribution is 2.25. The molecule has 0 aliphatic rings. The number of anilines is 1. The van der Waals surface area contributed by atoms with E-state index >= 15 is 0 Å². The summed E-state index contributed by atoms with van der Waals surface area (Å²) in [7, 11) is 0. The lowest BCUT2D eigenvalue weighted by molar-refractivity contribution is 0.420. The van der Waals surface area contributed by atoms with Gasteiger partial charge in [-0.2, -0.15) is 4.98 Å². The third kappa shape index (κ3) is 3.03. The number of fused-ring (bicyclic) bond motifs is 1. The molecule has 4 rings (SSSR count). The first kappa shape index (κ1) is 15.2. The Balaban J connectivity index is 1.62. The summed E-state index contributed by atoms with van der Waals surface area (Å²) in [5.74, 6) is 1.11. The predicted molar refractivity (Wildman–Crippen MR) is 91.3 cm³/mol. The molecule has 2 heterocycles. The molecule has 1 N–H and O–H groups in total. The van der Waals surface area contributed by atoms with Crippen molar-refractivity contribution in [3.63, 3.8) is 0 Å². The molecule has 2 aromatic heterocycles. The highest BCUT2D eigenvalue weighted by molar-refractivity contribution is 5.88. The van der Waals surface area contributed by atoms with Gasteiger partial charge in [0.25, 0.3) is 5.89 Å². The first-order valence-electron chi connectivity index (χ1n) is 7.76. The molecule has 124 valence electrons. The van der Waals surface area contributed by atoms with Gasteiger partial charge >= 0.3 is 0 Å². The number of rotatable bonds is 4. The fraction of sp³-hybridized carbons (Fsp3) is 0.111. The van der Waals surface area contributed by atoms with Gasteiger partial charge in [-0.15, -0.1) is 0 Å². The van der Waals surface area contributed by atoms with E-state index in [2.05, 4.69) is 25.4 Å². The van der Waals surface area contributed by atoms with E-state index in [1.807, 2.05) is 37.3 Å². The predicted octanol–water partition coefficient (Wildman–Crippen LogP) is 3.99. The lowest BCUT2D eigenvalue weighted by Gasteiger charge is -2.12. The normalized spacial score (nSPS) is 12.2. The molecule has 0 radical (unpaired) electrons. The fourth-order valence-corrected chi connectivity index (χ4v) is 2.52. The summed E-state index contributed by atoms with van der Waals surface area (Å²) in [5.41, 5.74) is 1.51. The van der Waals surface area contributed by atoms with Gasteiger partial charge in [0.15, 0.2) is 5.82 Å². The second-order valence-electron chi connectivity index (χ2n) is 5.57. The highest BCUT2D eigenvalue weighted by Gasteiger charge is 2.16. The van der Waals surface area contributed by atoms with Gasteiger partial charge < -0.3 is 9.84 Å².